The largest absolute Gasteiger partial charge is 0.505 e. The minimum absolute atomic E-state index is 0.141. The van der Waals surface area contributed by atoms with Crippen molar-refractivity contribution in [2.24, 2.45) is 0 Å². The van der Waals surface area contributed by atoms with E-state index in [1.54, 1.807) is 0 Å². The summed E-state index contributed by atoms with van der Waals surface area (Å²) < 4.78 is 0. The number of para-hydroxylation sites is 2. The molecule has 4 aromatic rings. The number of rotatable bonds is 1. The van der Waals surface area contributed by atoms with E-state index in [0.717, 1.165) is 21.8 Å². The van der Waals surface area contributed by atoms with Gasteiger partial charge < -0.3 is 20.2 Å². The van der Waals surface area contributed by atoms with Gasteiger partial charge in [-0.2, -0.15) is 0 Å². The molecule has 0 atom stereocenters. The predicted octanol–water partition coefficient (Wildman–Crippen LogP) is 4.75. The monoisotopic (exact) mass is 294 g/mol. The number of aromatic nitrogens is 2. The van der Waals surface area contributed by atoms with E-state index in [0.29, 0.717) is 11.4 Å². The third-order valence-corrected chi connectivity index (χ3v) is 3.61. The third-order valence-electron chi connectivity index (χ3n) is 3.61. The van der Waals surface area contributed by atoms with Crippen LogP contribution in [0.2, 0.25) is 0 Å². The lowest BCUT2D eigenvalue weighted by molar-refractivity contribution is 0.475. The van der Waals surface area contributed by atoms with Crippen LogP contribution in [-0.4, -0.2) is 20.2 Å². The zero-order valence-electron chi connectivity index (χ0n) is 12.5. The number of nitrogens with one attached hydrogen (secondary N) is 2. The van der Waals surface area contributed by atoms with Crippen molar-refractivity contribution in [3.8, 4) is 22.9 Å². The fourth-order valence-electron chi connectivity index (χ4n) is 2.62. The van der Waals surface area contributed by atoms with Crippen molar-refractivity contribution in [1.29, 1.82) is 0 Å². The molecule has 4 rings (SSSR count). The molecule has 4 nitrogen and oxygen atoms in total. The van der Waals surface area contributed by atoms with Gasteiger partial charge in [0.2, 0.25) is 0 Å². The molecule has 2 aromatic carbocycles. The molecule has 0 amide bonds. The lowest BCUT2D eigenvalue weighted by Gasteiger charge is -1.97. The number of hydrogen-bond acceptors (Lipinski definition) is 2. The molecule has 0 saturated carbocycles. The van der Waals surface area contributed by atoms with E-state index in [4.69, 9.17) is 0 Å². The summed E-state index contributed by atoms with van der Waals surface area (Å²) in [5.74, 6) is 0.282. The predicted molar refractivity (Wildman–Crippen MR) is 90.3 cm³/mol. The zero-order chi connectivity index (χ0) is 15.7. The Balaban J connectivity index is 0.000000693. The van der Waals surface area contributed by atoms with Crippen molar-refractivity contribution < 1.29 is 10.2 Å². The first-order valence-electron chi connectivity index (χ1n) is 7.35. The standard InChI is InChI=1S/C16H12N2O2.C2H6/c19-15-9-5-1-3-7-11(9)17-13(15)14-16(20)10-6-2-4-8-12(10)18-14;1-2/h1-8,17-20H;1-2H3. The highest BCUT2D eigenvalue weighted by molar-refractivity contribution is 5.99. The summed E-state index contributed by atoms with van der Waals surface area (Å²) in [6.45, 7) is 4.00. The Hall–Kier alpha value is -2.88. The molecule has 0 unspecified atom stereocenters. The first-order chi connectivity index (χ1) is 10.8. The van der Waals surface area contributed by atoms with Gasteiger partial charge in [-0.15, -0.1) is 0 Å². The average Bonchev–Trinajstić information content (AvgIpc) is 3.08. The number of aromatic amines is 2. The quantitative estimate of drug-likeness (QED) is 0.409. The minimum Gasteiger partial charge on any atom is -0.505 e. The molecular weight excluding hydrogens is 276 g/mol. The molecule has 2 heterocycles. The molecule has 4 heteroatoms. The van der Waals surface area contributed by atoms with Crippen LogP contribution in [0.1, 0.15) is 13.8 Å². The molecule has 0 aliphatic rings. The van der Waals surface area contributed by atoms with Crippen molar-refractivity contribution in [3.63, 3.8) is 0 Å². The second-order valence-electron chi connectivity index (χ2n) is 4.79. The van der Waals surface area contributed by atoms with Gasteiger partial charge in [-0.3, -0.25) is 0 Å². The number of hydrogen-bond donors (Lipinski definition) is 4. The van der Waals surface area contributed by atoms with Crippen LogP contribution in [0.25, 0.3) is 33.2 Å². The molecule has 0 aliphatic carbocycles. The van der Waals surface area contributed by atoms with Gasteiger partial charge in [0.15, 0.2) is 11.5 Å². The highest BCUT2D eigenvalue weighted by Crippen LogP contribution is 2.42. The molecule has 0 radical (unpaired) electrons. The van der Waals surface area contributed by atoms with Gasteiger partial charge in [0.25, 0.3) is 0 Å². The summed E-state index contributed by atoms with van der Waals surface area (Å²) in [6.07, 6.45) is 0. The Morgan fingerprint density at radius 3 is 1.36 bits per heavy atom. The molecule has 22 heavy (non-hydrogen) atoms. The lowest BCUT2D eigenvalue weighted by Crippen LogP contribution is -1.78. The summed E-state index contributed by atoms with van der Waals surface area (Å²) in [5, 5.41) is 22.1. The van der Waals surface area contributed by atoms with E-state index in [1.807, 2.05) is 62.4 Å². The Labute approximate surface area is 128 Å². The highest BCUT2D eigenvalue weighted by Gasteiger charge is 2.18. The third kappa shape index (κ3) is 2.00. The average molecular weight is 294 g/mol. The molecule has 0 spiro atoms. The molecule has 4 N–H and O–H groups in total. The van der Waals surface area contributed by atoms with Gasteiger partial charge in [0.05, 0.1) is 0 Å². The van der Waals surface area contributed by atoms with Crippen molar-refractivity contribution >= 4 is 21.8 Å². The van der Waals surface area contributed by atoms with Gasteiger partial charge in [-0.25, -0.2) is 0 Å². The van der Waals surface area contributed by atoms with E-state index in [1.165, 1.54) is 0 Å². The number of fused-ring (bicyclic) bond motifs is 2. The molecular formula is C18H18N2O2. The van der Waals surface area contributed by atoms with Gasteiger partial charge in [-0.05, 0) is 24.3 Å². The second kappa shape index (κ2) is 5.48. The maximum atomic E-state index is 10.3. The Bertz CT molecular complexity index is 857. The number of H-pyrrole nitrogens is 2. The topological polar surface area (TPSA) is 72.0 Å². The van der Waals surface area contributed by atoms with E-state index in [-0.39, 0.29) is 11.5 Å². The van der Waals surface area contributed by atoms with Crippen LogP contribution in [0, 0.1) is 0 Å². The summed E-state index contributed by atoms with van der Waals surface area (Å²) in [6, 6.07) is 15.0. The van der Waals surface area contributed by atoms with Crippen molar-refractivity contribution in [3.05, 3.63) is 48.5 Å². The van der Waals surface area contributed by atoms with Gasteiger partial charge in [-0.1, -0.05) is 38.1 Å². The van der Waals surface area contributed by atoms with Gasteiger partial charge in [0.1, 0.15) is 11.4 Å². The molecule has 2 aromatic heterocycles. The maximum Gasteiger partial charge on any atom is 0.150 e. The first-order valence-corrected chi connectivity index (χ1v) is 7.35. The SMILES string of the molecule is CC.Oc1c(-c2[nH]c3ccccc3c2O)[nH]c2ccccc12. The molecule has 0 bridgehead atoms. The van der Waals surface area contributed by atoms with Crippen LogP contribution in [-0.2, 0) is 0 Å². The zero-order valence-corrected chi connectivity index (χ0v) is 12.5. The molecule has 0 aliphatic heterocycles. The summed E-state index contributed by atoms with van der Waals surface area (Å²) in [4.78, 5) is 6.28. The van der Waals surface area contributed by atoms with Gasteiger partial charge >= 0.3 is 0 Å². The Morgan fingerprint density at radius 2 is 1.00 bits per heavy atom. The fraction of sp³-hybridized carbons (Fsp3) is 0.111. The van der Waals surface area contributed by atoms with Crippen LogP contribution in [0.5, 0.6) is 11.5 Å². The summed E-state index contributed by atoms with van der Waals surface area (Å²) >= 11 is 0. The summed E-state index contributed by atoms with van der Waals surface area (Å²) in [5.41, 5.74) is 2.66. The smallest absolute Gasteiger partial charge is 0.150 e. The summed E-state index contributed by atoms with van der Waals surface area (Å²) in [7, 11) is 0. The van der Waals surface area contributed by atoms with Crippen LogP contribution >= 0.6 is 0 Å². The van der Waals surface area contributed by atoms with E-state index >= 15 is 0 Å². The normalized spacial score (nSPS) is 10.6. The minimum atomic E-state index is 0.141. The van der Waals surface area contributed by atoms with Crippen molar-refractivity contribution in [2.75, 3.05) is 0 Å². The van der Waals surface area contributed by atoms with Crippen LogP contribution in [0.3, 0.4) is 0 Å². The Morgan fingerprint density at radius 1 is 0.636 bits per heavy atom. The van der Waals surface area contributed by atoms with Crippen molar-refractivity contribution in [2.45, 2.75) is 13.8 Å². The van der Waals surface area contributed by atoms with Crippen LogP contribution in [0.4, 0.5) is 0 Å². The van der Waals surface area contributed by atoms with Gasteiger partial charge in [0, 0.05) is 21.8 Å². The molecule has 0 saturated heterocycles. The number of benzene rings is 2. The highest BCUT2D eigenvalue weighted by atomic mass is 16.3. The van der Waals surface area contributed by atoms with E-state index < -0.39 is 0 Å². The maximum absolute atomic E-state index is 10.3. The first kappa shape index (κ1) is 14.1. The molecule has 112 valence electrons. The lowest BCUT2D eigenvalue weighted by atomic mass is 10.2. The molecule has 0 fully saturated rings. The Kier molecular flexibility index (Phi) is 3.51. The second-order valence-corrected chi connectivity index (χ2v) is 4.79. The van der Waals surface area contributed by atoms with Crippen LogP contribution < -0.4 is 0 Å². The van der Waals surface area contributed by atoms with E-state index in [2.05, 4.69) is 9.97 Å². The number of aromatic hydroxyl groups is 2. The van der Waals surface area contributed by atoms with Crippen molar-refractivity contribution in [1.82, 2.24) is 9.97 Å². The van der Waals surface area contributed by atoms with Crippen LogP contribution in [0.15, 0.2) is 48.5 Å². The fourth-order valence-corrected chi connectivity index (χ4v) is 2.62. The van der Waals surface area contributed by atoms with E-state index in [9.17, 15) is 10.2 Å².